The zero-order valence-electron chi connectivity index (χ0n) is 11.8. The number of aryl methyl sites for hydroxylation is 1. The first kappa shape index (κ1) is 15.0. The zero-order chi connectivity index (χ0) is 15.7. The Morgan fingerprint density at radius 2 is 2.10 bits per heavy atom. The second-order valence-electron chi connectivity index (χ2n) is 5.28. The Morgan fingerprint density at radius 3 is 2.67 bits per heavy atom. The van der Waals surface area contributed by atoms with E-state index in [1.165, 1.54) is 11.0 Å². The third-order valence-electron chi connectivity index (χ3n) is 3.86. The number of nitrogens with zero attached hydrogens (tertiary/aromatic N) is 2. The number of hydrogen-bond acceptors (Lipinski definition) is 4. The van der Waals surface area contributed by atoms with Gasteiger partial charge in [0.2, 0.25) is 0 Å². The van der Waals surface area contributed by atoms with E-state index in [0.29, 0.717) is 18.5 Å². The van der Waals surface area contributed by atoms with Crippen LogP contribution in [0, 0.1) is 23.0 Å². The highest BCUT2D eigenvalue weighted by molar-refractivity contribution is 6.00. The summed E-state index contributed by atoms with van der Waals surface area (Å²) in [5.41, 5.74) is 0.0662. The van der Waals surface area contributed by atoms with E-state index in [0.717, 1.165) is 0 Å². The van der Waals surface area contributed by atoms with Gasteiger partial charge in [0.05, 0.1) is 4.92 Å². The number of para-hydroxylation sites is 1. The van der Waals surface area contributed by atoms with Gasteiger partial charge < -0.3 is 10.0 Å². The first-order chi connectivity index (χ1) is 9.84. The van der Waals surface area contributed by atoms with E-state index in [1.807, 2.05) is 0 Å². The number of aliphatic carboxylic acids is 1. The van der Waals surface area contributed by atoms with E-state index in [1.54, 1.807) is 26.0 Å². The molecule has 1 amide bonds. The summed E-state index contributed by atoms with van der Waals surface area (Å²) in [6.07, 6.45) is 0.572. The number of carboxylic acids is 1. The standard InChI is InChI=1S/C14H16N2O5/c1-8-4-3-5-10(11(8)16(20)21)13(17)15-7-6-9(2)12(15)14(18)19/h3-5,9,12H,6-7H2,1-2H3,(H,18,19). The Hall–Kier alpha value is -2.44. The lowest BCUT2D eigenvalue weighted by atomic mass is 10.0. The van der Waals surface area contributed by atoms with E-state index >= 15 is 0 Å². The molecule has 21 heavy (non-hydrogen) atoms. The first-order valence-electron chi connectivity index (χ1n) is 6.62. The highest BCUT2D eigenvalue weighted by atomic mass is 16.6. The monoisotopic (exact) mass is 292 g/mol. The van der Waals surface area contributed by atoms with Crippen LogP contribution < -0.4 is 0 Å². The predicted molar refractivity (Wildman–Crippen MR) is 74.1 cm³/mol. The molecule has 7 nitrogen and oxygen atoms in total. The van der Waals surface area contributed by atoms with E-state index < -0.39 is 22.8 Å². The lowest BCUT2D eigenvalue weighted by molar-refractivity contribution is -0.385. The molecule has 1 aromatic carbocycles. The molecule has 112 valence electrons. The molecular formula is C14H16N2O5. The van der Waals surface area contributed by atoms with Crippen LogP contribution in [0.1, 0.15) is 29.3 Å². The van der Waals surface area contributed by atoms with Crippen molar-refractivity contribution in [2.24, 2.45) is 5.92 Å². The van der Waals surface area contributed by atoms with Crippen LogP contribution in [0.3, 0.4) is 0 Å². The van der Waals surface area contributed by atoms with Crippen molar-refractivity contribution in [2.45, 2.75) is 26.3 Å². The van der Waals surface area contributed by atoms with Gasteiger partial charge in [-0.2, -0.15) is 0 Å². The molecule has 2 unspecified atom stereocenters. The summed E-state index contributed by atoms with van der Waals surface area (Å²) in [5.74, 6) is -1.85. The molecule has 1 aliphatic rings. The number of likely N-dealkylation sites (tertiary alicyclic amines) is 1. The van der Waals surface area contributed by atoms with Crippen LogP contribution in [-0.2, 0) is 4.79 Å². The Labute approximate surface area is 121 Å². The minimum absolute atomic E-state index is 0.0552. The molecular weight excluding hydrogens is 276 g/mol. The number of carbonyl (C=O) groups excluding carboxylic acids is 1. The maximum atomic E-state index is 12.5. The van der Waals surface area contributed by atoms with Gasteiger partial charge in [0.15, 0.2) is 0 Å². The van der Waals surface area contributed by atoms with Crippen LogP contribution in [0.25, 0.3) is 0 Å². The third kappa shape index (κ3) is 2.58. The quantitative estimate of drug-likeness (QED) is 0.676. The summed E-state index contributed by atoms with van der Waals surface area (Å²) in [6.45, 7) is 3.61. The van der Waals surface area contributed by atoms with Crippen molar-refractivity contribution in [1.82, 2.24) is 4.90 Å². The van der Waals surface area contributed by atoms with E-state index in [2.05, 4.69) is 0 Å². The fourth-order valence-electron chi connectivity index (χ4n) is 2.78. The number of rotatable bonds is 3. The molecule has 0 spiro atoms. The van der Waals surface area contributed by atoms with Crippen LogP contribution in [-0.4, -0.2) is 39.4 Å². The number of carboxylic acid groups (broad SMARTS) is 1. The van der Waals surface area contributed by atoms with Gasteiger partial charge in [-0.15, -0.1) is 0 Å². The topological polar surface area (TPSA) is 101 Å². The average Bonchev–Trinajstić information content (AvgIpc) is 2.79. The van der Waals surface area contributed by atoms with Gasteiger partial charge in [-0.1, -0.05) is 19.1 Å². The summed E-state index contributed by atoms with van der Waals surface area (Å²) in [7, 11) is 0. The fourth-order valence-corrected chi connectivity index (χ4v) is 2.78. The number of hydrogen-bond donors (Lipinski definition) is 1. The van der Waals surface area contributed by atoms with Gasteiger partial charge in [-0.25, -0.2) is 4.79 Å². The largest absolute Gasteiger partial charge is 0.480 e. The maximum Gasteiger partial charge on any atom is 0.326 e. The Kier molecular flexibility index (Phi) is 3.93. The molecule has 1 heterocycles. The highest BCUT2D eigenvalue weighted by Crippen LogP contribution is 2.30. The number of amides is 1. The molecule has 2 atom stereocenters. The van der Waals surface area contributed by atoms with Crippen molar-refractivity contribution >= 4 is 17.6 Å². The third-order valence-corrected chi connectivity index (χ3v) is 3.86. The van der Waals surface area contributed by atoms with Gasteiger partial charge in [0, 0.05) is 12.1 Å². The molecule has 1 aromatic rings. The summed E-state index contributed by atoms with van der Waals surface area (Å²) >= 11 is 0. The smallest absolute Gasteiger partial charge is 0.326 e. The van der Waals surface area contributed by atoms with Crippen molar-refractivity contribution in [3.63, 3.8) is 0 Å². The molecule has 0 aliphatic carbocycles. The van der Waals surface area contributed by atoms with Gasteiger partial charge in [0.25, 0.3) is 11.6 Å². The molecule has 0 radical (unpaired) electrons. The molecule has 0 aromatic heterocycles. The van der Waals surface area contributed by atoms with Gasteiger partial charge in [-0.05, 0) is 25.3 Å². The average molecular weight is 292 g/mol. The minimum atomic E-state index is -1.08. The minimum Gasteiger partial charge on any atom is -0.480 e. The summed E-state index contributed by atoms with van der Waals surface area (Å²) in [4.78, 5) is 35.6. The normalized spacial score (nSPS) is 21.3. The first-order valence-corrected chi connectivity index (χ1v) is 6.62. The molecule has 1 aliphatic heterocycles. The van der Waals surface area contributed by atoms with Gasteiger partial charge in [0.1, 0.15) is 11.6 Å². The number of nitro groups is 1. The SMILES string of the molecule is Cc1cccc(C(=O)N2CCC(C)C2C(=O)O)c1[N+](=O)[O-]. The molecule has 0 bridgehead atoms. The molecule has 2 rings (SSSR count). The summed E-state index contributed by atoms with van der Waals surface area (Å²) in [5, 5.41) is 20.4. The summed E-state index contributed by atoms with van der Waals surface area (Å²) in [6, 6.07) is 3.55. The Morgan fingerprint density at radius 1 is 1.43 bits per heavy atom. The molecule has 7 heteroatoms. The number of nitro benzene ring substituents is 1. The van der Waals surface area contributed by atoms with Crippen molar-refractivity contribution in [1.29, 1.82) is 0 Å². The van der Waals surface area contributed by atoms with Gasteiger partial charge in [-0.3, -0.25) is 14.9 Å². The summed E-state index contributed by atoms with van der Waals surface area (Å²) < 4.78 is 0. The van der Waals surface area contributed by atoms with Crippen LogP contribution in [0.15, 0.2) is 18.2 Å². The van der Waals surface area contributed by atoms with E-state index in [-0.39, 0.29) is 17.2 Å². The number of benzene rings is 1. The highest BCUT2D eigenvalue weighted by Gasteiger charge is 2.41. The maximum absolute atomic E-state index is 12.5. The van der Waals surface area contributed by atoms with Crippen LogP contribution in [0.2, 0.25) is 0 Å². The lowest BCUT2D eigenvalue weighted by Crippen LogP contribution is -2.43. The van der Waals surface area contributed by atoms with Crippen molar-refractivity contribution in [3.05, 3.63) is 39.4 Å². The molecule has 1 fully saturated rings. The van der Waals surface area contributed by atoms with E-state index in [9.17, 15) is 24.8 Å². The molecule has 1 saturated heterocycles. The second-order valence-corrected chi connectivity index (χ2v) is 5.28. The number of carbonyl (C=O) groups is 2. The Bertz CT molecular complexity index is 613. The Balaban J connectivity index is 2.44. The van der Waals surface area contributed by atoms with Crippen molar-refractivity contribution in [2.75, 3.05) is 6.54 Å². The molecule has 1 N–H and O–H groups in total. The van der Waals surface area contributed by atoms with Crippen LogP contribution in [0.4, 0.5) is 5.69 Å². The van der Waals surface area contributed by atoms with E-state index in [4.69, 9.17) is 0 Å². The van der Waals surface area contributed by atoms with Crippen molar-refractivity contribution < 1.29 is 19.6 Å². The zero-order valence-corrected chi connectivity index (χ0v) is 11.8. The fraction of sp³-hybridized carbons (Fsp3) is 0.429. The van der Waals surface area contributed by atoms with Crippen LogP contribution >= 0.6 is 0 Å². The van der Waals surface area contributed by atoms with Crippen LogP contribution in [0.5, 0.6) is 0 Å². The van der Waals surface area contributed by atoms with Gasteiger partial charge >= 0.3 is 5.97 Å². The predicted octanol–water partition coefficient (Wildman–Crippen LogP) is 1.84. The lowest BCUT2D eigenvalue weighted by Gasteiger charge is -2.23. The molecule has 0 saturated carbocycles. The second kappa shape index (κ2) is 5.51. The van der Waals surface area contributed by atoms with Crippen molar-refractivity contribution in [3.8, 4) is 0 Å².